The van der Waals surface area contributed by atoms with E-state index in [1.54, 1.807) is 0 Å². The second kappa shape index (κ2) is 6.23. The number of carboxylic acids is 1. The molecule has 0 saturated carbocycles. The molecule has 0 aromatic heterocycles. The molecule has 0 saturated heterocycles. The van der Waals surface area contributed by atoms with E-state index in [-0.39, 0.29) is 5.75 Å². The third-order valence-electron chi connectivity index (χ3n) is 2.49. The molecule has 0 aliphatic heterocycles. The van der Waals surface area contributed by atoms with Crippen LogP contribution in [0.15, 0.2) is 18.2 Å². The monoisotopic (exact) mass is 316 g/mol. The molecule has 1 aromatic rings. The third-order valence-corrected chi connectivity index (χ3v) is 2.49. The minimum absolute atomic E-state index is 0.159. The molecule has 0 aliphatic rings. The molecule has 1 N–H and O–H groups in total. The van der Waals surface area contributed by atoms with Gasteiger partial charge >= 0.3 is 18.1 Å². The second-order valence-electron chi connectivity index (χ2n) is 4.10. The minimum atomic E-state index is -5.62. The van der Waals surface area contributed by atoms with Crippen LogP contribution in [0.3, 0.4) is 0 Å². The van der Waals surface area contributed by atoms with Crippen LogP contribution in [0.25, 0.3) is 0 Å². The van der Waals surface area contributed by atoms with Crippen molar-refractivity contribution in [1.82, 2.24) is 0 Å². The molecule has 0 heterocycles. The number of carboxylic acid groups (broad SMARTS) is 1. The number of aromatic carboxylic acids is 1. The van der Waals surface area contributed by atoms with Crippen molar-refractivity contribution in [3.63, 3.8) is 0 Å². The van der Waals surface area contributed by atoms with Crippen LogP contribution in [0.5, 0.6) is 5.75 Å². The van der Waals surface area contributed by atoms with Crippen LogP contribution in [0.4, 0.5) is 26.3 Å². The highest BCUT2D eigenvalue weighted by Gasteiger charge is 2.56. The number of ether oxygens (including phenoxy) is 1. The zero-order valence-electron chi connectivity index (χ0n) is 10.4. The highest BCUT2D eigenvalue weighted by molar-refractivity contribution is 5.88. The van der Waals surface area contributed by atoms with Crippen LogP contribution in [-0.2, 0) is 0 Å². The van der Waals surface area contributed by atoms with Gasteiger partial charge in [-0.05, 0) is 18.6 Å². The van der Waals surface area contributed by atoms with Crippen molar-refractivity contribution in [3.8, 4) is 5.75 Å². The van der Waals surface area contributed by atoms with Crippen LogP contribution < -0.4 is 4.74 Å². The molecule has 3 nitrogen and oxygen atoms in total. The van der Waals surface area contributed by atoms with Gasteiger partial charge in [0.25, 0.3) is 0 Å². The van der Waals surface area contributed by atoms with Crippen molar-refractivity contribution in [2.45, 2.75) is 24.9 Å². The van der Waals surface area contributed by atoms with E-state index in [4.69, 9.17) is 9.84 Å². The second-order valence-corrected chi connectivity index (χ2v) is 4.10. The van der Waals surface area contributed by atoms with Crippen molar-refractivity contribution in [3.05, 3.63) is 29.6 Å². The van der Waals surface area contributed by atoms with Gasteiger partial charge in [-0.15, -0.1) is 0 Å². The zero-order chi connectivity index (χ0) is 16.3. The van der Waals surface area contributed by atoms with E-state index in [0.29, 0.717) is 6.07 Å². The van der Waals surface area contributed by atoms with Gasteiger partial charge in [-0.25, -0.2) is 9.18 Å². The van der Waals surface area contributed by atoms with Gasteiger partial charge in [-0.1, -0.05) is 0 Å². The number of hydrogen-bond acceptors (Lipinski definition) is 2. The summed E-state index contributed by atoms with van der Waals surface area (Å²) in [5.41, 5.74) is -0.606. The van der Waals surface area contributed by atoms with E-state index in [1.807, 2.05) is 0 Å². The Labute approximate surface area is 115 Å². The van der Waals surface area contributed by atoms with E-state index in [0.717, 1.165) is 12.1 Å². The molecule has 0 spiro atoms. The summed E-state index contributed by atoms with van der Waals surface area (Å²) in [6.45, 7) is -0.489. The number of halogens is 6. The quantitative estimate of drug-likeness (QED) is 0.640. The summed E-state index contributed by atoms with van der Waals surface area (Å²) in [6.07, 6.45) is -7.68. The lowest BCUT2D eigenvalue weighted by Gasteiger charge is -2.19. The largest absolute Gasteiger partial charge is 0.493 e. The van der Waals surface area contributed by atoms with Crippen molar-refractivity contribution >= 4 is 5.97 Å². The first kappa shape index (κ1) is 17.1. The van der Waals surface area contributed by atoms with Crippen molar-refractivity contribution in [1.29, 1.82) is 0 Å². The fourth-order valence-electron chi connectivity index (χ4n) is 1.39. The van der Waals surface area contributed by atoms with Gasteiger partial charge in [0.05, 0.1) is 12.2 Å². The summed E-state index contributed by atoms with van der Waals surface area (Å²) in [5, 5.41) is 8.57. The predicted octanol–water partition coefficient (Wildman–Crippen LogP) is 3.88. The summed E-state index contributed by atoms with van der Waals surface area (Å²) >= 11 is 0. The van der Waals surface area contributed by atoms with Crippen LogP contribution >= 0.6 is 0 Å². The van der Waals surface area contributed by atoms with Gasteiger partial charge in [0.15, 0.2) is 0 Å². The Hall–Kier alpha value is -1.93. The van der Waals surface area contributed by atoms with Crippen LogP contribution in [0.2, 0.25) is 0 Å². The number of alkyl halides is 5. The first-order chi connectivity index (χ1) is 9.54. The molecule has 0 aliphatic carbocycles. The first-order valence-corrected chi connectivity index (χ1v) is 5.65. The maximum atomic E-state index is 13.2. The Kier molecular flexibility index (Phi) is 5.08. The number of benzene rings is 1. The van der Waals surface area contributed by atoms with Gasteiger partial charge < -0.3 is 9.84 Å². The number of carbonyl (C=O) groups is 1. The predicted molar refractivity (Wildman–Crippen MR) is 59.1 cm³/mol. The number of rotatable bonds is 6. The van der Waals surface area contributed by atoms with Gasteiger partial charge in [0, 0.05) is 12.5 Å². The Morgan fingerprint density at radius 3 is 2.29 bits per heavy atom. The normalized spacial score (nSPS) is 12.3. The standard InChI is InChI=1S/C12H10F6O3/c13-9-6-7(2-3-8(9)10(19)20)21-5-1-4-11(14,15)12(16,17)18/h2-3,6H,1,4-5H2,(H,19,20). The summed E-state index contributed by atoms with van der Waals surface area (Å²) < 4.78 is 78.7. The van der Waals surface area contributed by atoms with Crippen molar-refractivity contribution in [2.75, 3.05) is 6.61 Å². The van der Waals surface area contributed by atoms with Gasteiger partial charge in [0.1, 0.15) is 11.6 Å². The third kappa shape index (κ3) is 4.54. The average molecular weight is 316 g/mol. The molecule has 0 amide bonds. The summed E-state index contributed by atoms with van der Waals surface area (Å²) in [7, 11) is 0. The molecule has 0 atom stereocenters. The molecular formula is C12H10F6O3. The fraction of sp³-hybridized carbons (Fsp3) is 0.417. The van der Waals surface area contributed by atoms with Crippen LogP contribution in [0, 0.1) is 5.82 Å². The van der Waals surface area contributed by atoms with Crippen molar-refractivity contribution in [2.24, 2.45) is 0 Å². The SMILES string of the molecule is O=C(O)c1ccc(OCCCC(F)(F)C(F)(F)F)cc1F. The highest BCUT2D eigenvalue weighted by atomic mass is 19.4. The lowest BCUT2D eigenvalue weighted by molar-refractivity contribution is -0.284. The lowest BCUT2D eigenvalue weighted by Crippen LogP contribution is -2.36. The van der Waals surface area contributed by atoms with E-state index in [2.05, 4.69) is 0 Å². The van der Waals surface area contributed by atoms with E-state index in [9.17, 15) is 31.1 Å². The molecule has 21 heavy (non-hydrogen) atoms. The Balaban J connectivity index is 2.51. The topological polar surface area (TPSA) is 46.5 Å². The first-order valence-electron chi connectivity index (χ1n) is 5.65. The van der Waals surface area contributed by atoms with Crippen LogP contribution in [-0.4, -0.2) is 29.8 Å². The van der Waals surface area contributed by atoms with E-state index < -0.39 is 48.9 Å². The molecule has 0 fully saturated rings. The Bertz CT molecular complexity index is 512. The van der Waals surface area contributed by atoms with Gasteiger partial charge in [0.2, 0.25) is 0 Å². The fourth-order valence-corrected chi connectivity index (χ4v) is 1.39. The number of hydrogen-bond donors (Lipinski definition) is 1. The average Bonchev–Trinajstić information content (AvgIpc) is 2.33. The molecule has 0 bridgehead atoms. The molecule has 0 unspecified atom stereocenters. The smallest absolute Gasteiger partial charge is 0.453 e. The molecule has 9 heteroatoms. The van der Waals surface area contributed by atoms with Crippen LogP contribution in [0.1, 0.15) is 23.2 Å². The lowest BCUT2D eigenvalue weighted by atomic mass is 10.2. The summed E-state index contributed by atoms with van der Waals surface area (Å²) in [4.78, 5) is 10.5. The molecule has 118 valence electrons. The minimum Gasteiger partial charge on any atom is -0.493 e. The summed E-state index contributed by atoms with van der Waals surface area (Å²) in [5.74, 6) is -7.56. The zero-order valence-corrected chi connectivity index (χ0v) is 10.4. The highest BCUT2D eigenvalue weighted by Crippen LogP contribution is 2.38. The Morgan fingerprint density at radius 1 is 1.19 bits per heavy atom. The molecule has 0 radical (unpaired) electrons. The maximum Gasteiger partial charge on any atom is 0.453 e. The summed E-state index contributed by atoms with van der Waals surface area (Å²) in [6, 6.07) is 2.69. The Morgan fingerprint density at radius 2 is 1.81 bits per heavy atom. The molecule has 1 aromatic carbocycles. The van der Waals surface area contributed by atoms with Gasteiger partial charge in [-0.3, -0.25) is 0 Å². The molecule has 1 rings (SSSR count). The van der Waals surface area contributed by atoms with Gasteiger partial charge in [-0.2, -0.15) is 22.0 Å². The van der Waals surface area contributed by atoms with E-state index >= 15 is 0 Å². The molecular weight excluding hydrogens is 306 g/mol. The maximum absolute atomic E-state index is 13.2. The van der Waals surface area contributed by atoms with E-state index in [1.165, 1.54) is 0 Å². The van der Waals surface area contributed by atoms with Crippen molar-refractivity contribution < 1.29 is 41.0 Å².